The van der Waals surface area contributed by atoms with Crippen LogP contribution in [-0.4, -0.2) is 12.5 Å². The first kappa shape index (κ1) is 10.6. The summed E-state index contributed by atoms with van der Waals surface area (Å²) in [6.45, 7) is 0.728. The molecule has 1 saturated carbocycles. The maximum absolute atomic E-state index is 11.3. The van der Waals surface area contributed by atoms with Crippen molar-refractivity contribution in [3.8, 4) is 0 Å². The van der Waals surface area contributed by atoms with Crippen molar-refractivity contribution in [3.05, 3.63) is 29.8 Å². The molecule has 1 heterocycles. The fourth-order valence-electron chi connectivity index (χ4n) is 2.61. The van der Waals surface area contributed by atoms with Crippen molar-refractivity contribution < 1.29 is 4.79 Å². The Morgan fingerprint density at radius 1 is 1.29 bits per heavy atom. The highest BCUT2D eigenvalue weighted by molar-refractivity contribution is 5.82. The SMILES string of the molecule is NC1(c2ccccc2N2CCC(=O)N2)CCC1. The first-order valence-electron chi connectivity index (χ1n) is 6.14. The Bertz CT molecular complexity index is 454. The molecule has 1 amide bonds. The fourth-order valence-corrected chi connectivity index (χ4v) is 2.61. The van der Waals surface area contributed by atoms with E-state index in [9.17, 15) is 4.79 Å². The third-order valence-electron chi connectivity index (χ3n) is 3.80. The van der Waals surface area contributed by atoms with Gasteiger partial charge in [0.15, 0.2) is 0 Å². The molecule has 1 aliphatic carbocycles. The van der Waals surface area contributed by atoms with E-state index in [0.717, 1.165) is 30.6 Å². The zero-order valence-electron chi connectivity index (χ0n) is 9.78. The summed E-state index contributed by atoms with van der Waals surface area (Å²) in [5.74, 6) is 0.0829. The van der Waals surface area contributed by atoms with Gasteiger partial charge >= 0.3 is 0 Å². The lowest BCUT2D eigenvalue weighted by Crippen LogP contribution is -2.45. The third-order valence-corrected chi connectivity index (χ3v) is 3.80. The molecule has 4 heteroatoms. The number of rotatable bonds is 2. The number of hydrogen-bond donors (Lipinski definition) is 2. The monoisotopic (exact) mass is 231 g/mol. The Morgan fingerprint density at radius 2 is 2.06 bits per heavy atom. The van der Waals surface area contributed by atoms with Gasteiger partial charge in [-0.05, 0) is 30.9 Å². The number of nitrogens with two attached hydrogens (primary N) is 1. The molecule has 4 nitrogen and oxygen atoms in total. The predicted molar refractivity (Wildman–Crippen MR) is 66.3 cm³/mol. The Kier molecular flexibility index (Phi) is 2.33. The molecular formula is C13H17N3O. The summed E-state index contributed by atoms with van der Waals surface area (Å²) in [6, 6.07) is 8.13. The van der Waals surface area contributed by atoms with Crippen molar-refractivity contribution in [1.82, 2.24) is 5.43 Å². The minimum atomic E-state index is -0.191. The molecule has 0 unspecified atom stereocenters. The van der Waals surface area contributed by atoms with E-state index in [1.807, 2.05) is 23.2 Å². The summed E-state index contributed by atoms with van der Waals surface area (Å²) in [7, 11) is 0. The van der Waals surface area contributed by atoms with Crippen molar-refractivity contribution in [1.29, 1.82) is 0 Å². The van der Waals surface area contributed by atoms with Gasteiger partial charge in [-0.1, -0.05) is 18.2 Å². The van der Waals surface area contributed by atoms with Crippen LogP contribution < -0.4 is 16.2 Å². The van der Waals surface area contributed by atoms with E-state index in [1.165, 1.54) is 6.42 Å². The second-order valence-corrected chi connectivity index (χ2v) is 4.96. The number of hydrogen-bond acceptors (Lipinski definition) is 3. The number of nitrogens with one attached hydrogen (secondary N) is 1. The van der Waals surface area contributed by atoms with Gasteiger partial charge < -0.3 is 5.73 Å². The zero-order valence-corrected chi connectivity index (χ0v) is 9.78. The van der Waals surface area contributed by atoms with Crippen LogP contribution in [0.15, 0.2) is 24.3 Å². The van der Waals surface area contributed by atoms with Gasteiger partial charge in [0.05, 0.1) is 5.69 Å². The van der Waals surface area contributed by atoms with Gasteiger partial charge in [-0.15, -0.1) is 0 Å². The number of carbonyl (C=O) groups excluding carboxylic acids is 1. The van der Waals surface area contributed by atoms with E-state index in [0.29, 0.717) is 6.42 Å². The Balaban J connectivity index is 1.96. The Morgan fingerprint density at radius 3 is 2.65 bits per heavy atom. The van der Waals surface area contributed by atoms with Crippen molar-refractivity contribution in [2.75, 3.05) is 11.6 Å². The highest BCUT2D eigenvalue weighted by Gasteiger charge is 2.37. The van der Waals surface area contributed by atoms with Crippen LogP contribution in [0.1, 0.15) is 31.2 Å². The van der Waals surface area contributed by atoms with Crippen molar-refractivity contribution in [2.24, 2.45) is 5.73 Å². The van der Waals surface area contributed by atoms with Crippen LogP contribution in [0.4, 0.5) is 5.69 Å². The van der Waals surface area contributed by atoms with Crippen LogP contribution in [0.3, 0.4) is 0 Å². The number of anilines is 1. The van der Waals surface area contributed by atoms with Crippen molar-refractivity contribution in [3.63, 3.8) is 0 Å². The van der Waals surface area contributed by atoms with E-state index in [-0.39, 0.29) is 11.4 Å². The van der Waals surface area contributed by atoms with E-state index in [4.69, 9.17) is 5.73 Å². The molecule has 1 aliphatic heterocycles. The normalized spacial score (nSPS) is 22.2. The minimum Gasteiger partial charge on any atom is -0.321 e. The van der Waals surface area contributed by atoms with E-state index >= 15 is 0 Å². The molecule has 90 valence electrons. The van der Waals surface area contributed by atoms with Crippen molar-refractivity contribution in [2.45, 2.75) is 31.2 Å². The molecule has 1 saturated heterocycles. The predicted octanol–water partition coefficient (Wildman–Crippen LogP) is 1.27. The lowest BCUT2D eigenvalue weighted by atomic mass is 9.72. The van der Waals surface area contributed by atoms with Crippen LogP contribution in [0, 0.1) is 0 Å². The van der Waals surface area contributed by atoms with Gasteiger partial charge in [-0.2, -0.15) is 0 Å². The quantitative estimate of drug-likeness (QED) is 0.805. The molecule has 0 aromatic heterocycles. The summed E-state index contributed by atoms with van der Waals surface area (Å²) in [5, 5.41) is 1.92. The van der Waals surface area contributed by atoms with Crippen LogP contribution in [0.25, 0.3) is 0 Å². The average molecular weight is 231 g/mol. The summed E-state index contributed by atoms with van der Waals surface area (Å²) < 4.78 is 0. The highest BCUT2D eigenvalue weighted by atomic mass is 16.2. The molecule has 17 heavy (non-hydrogen) atoms. The van der Waals surface area contributed by atoms with Crippen LogP contribution in [-0.2, 0) is 10.3 Å². The van der Waals surface area contributed by atoms with Crippen LogP contribution in [0.2, 0.25) is 0 Å². The van der Waals surface area contributed by atoms with E-state index < -0.39 is 0 Å². The topological polar surface area (TPSA) is 58.4 Å². The Labute approximate surface area is 101 Å². The first-order chi connectivity index (χ1) is 8.19. The molecule has 2 fully saturated rings. The molecule has 2 aliphatic rings. The van der Waals surface area contributed by atoms with Gasteiger partial charge in [-0.3, -0.25) is 15.2 Å². The van der Waals surface area contributed by atoms with E-state index in [2.05, 4.69) is 11.5 Å². The van der Waals surface area contributed by atoms with E-state index in [1.54, 1.807) is 0 Å². The fraction of sp³-hybridized carbons (Fsp3) is 0.462. The van der Waals surface area contributed by atoms with Gasteiger partial charge in [-0.25, -0.2) is 0 Å². The maximum Gasteiger partial charge on any atom is 0.240 e. The second-order valence-electron chi connectivity index (χ2n) is 4.96. The lowest BCUT2D eigenvalue weighted by Gasteiger charge is -2.40. The molecule has 1 aromatic carbocycles. The van der Waals surface area contributed by atoms with Gasteiger partial charge in [0, 0.05) is 18.5 Å². The summed E-state index contributed by atoms with van der Waals surface area (Å²) >= 11 is 0. The highest BCUT2D eigenvalue weighted by Crippen LogP contribution is 2.42. The van der Waals surface area contributed by atoms with Gasteiger partial charge in [0.2, 0.25) is 5.91 Å². The van der Waals surface area contributed by atoms with Crippen LogP contribution >= 0.6 is 0 Å². The standard InChI is InChI=1S/C13H17N3O/c14-13(7-3-8-13)10-4-1-2-5-11(10)16-9-6-12(17)15-16/h1-2,4-5H,3,6-9,14H2,(H,15,17). The average Bonchev–Trinajstić information content (AvgIpc) is 2.73. The minimum absolute atomic E-state index is 0.0829. The molecule has 0 bridgehead atoms. The number of amides is 1. The first-order valence-corrected chi connectivity index (χ1v) is 6.14. The lowest BCUT2D eigenvalue weighted by molar-refractivity contribution is -0.119. The van der Waals surface area contributed by atoms with Gasteiger partial charge in [0.1, 0.15) is 0 Å². The molecule has 1 aromatic rings. The molecule has 0 spiro atoms. The Hall–Kier alpha value is -1.55. The summed E-state index contributed by atoms with van der Waals surface area (Å²) in [4.78, 5) is 11.3. The molecule has 0 radical (unpaired) electrons. The summed E-state index contributed by atoms with van der Waals surface area (Å²) in [6.07, 6.45) is 3.82. The van der Waals surface area contributed by atoms with Crippen molar-refractivity contribution >= 4 is 11.6 Å². The second kappa shape index (κ2) is 3.74. The smallest absolute Gasteiger partial charge is 0.240 e. The number of nitrogens with zero attached hydrogens (tertiary/aromatic N) is 1. The number of benzene rings is 1. The molecular weight excluding hydrogens is 214 g/mol. The summed E-state index contributed by atoms with van der Waals surface area (Å²) in [5.41, 5.74) is 11.3. The number of hydrazine groups is 1. The largest absolute Gasteiger partial charge is 0.321 e. The third kappa shape index (κ3) is 1.69. The molecule has 3 rings (SSSR count). The molecule has 3 N–H and O–H groups in total. The number of para-hydroxylation sites is 1. The van der Waals surface area contributed by atoms with Crippen LogP contribution in [0.5, 0.6) is 0 Å². The maximum atomic E-state index is 11.3. The molecule has 0 atom stereocenters. The van der Waals surface area contributed by atoms with Gasteiger partial charge in [0.25, 0.3) is 0 Å². The zero-order chi connectivity index (χ0) is 11.9. The number of carbonyl (C=O) groups is 1.